The van der Waals surface area contributed by atoms with Crippen LogP contribution in [0, 0.1) is 5.95 Å². The van der Waals surface area contributed by atoms with E-state index >= 15 is 0 Å². The second-order valence-electron chi connectivity index (χ2n) is 7.86. The summed E-state index contributed by atoms with van der Waals surface area (Å²) in [6, 6.07) is 10.9. The fourth-order valence-corrected chi connectivity index (χ4v) is 4.45. The molecule has 1 atom stereocenters. The Morgan fingerprint density at radius 3 is 2.75 bits per heavy atom. The van der Waals surface area contributed by atoms with Gasteiger partial charge in [-0.15, -0.1) is 0 Å². The van der Waals surface area contributed by atoms with Crippen molar-refractivity contribution >= 4 is 11.6 Å². The number of nitrogens with two attached hydrogens (primary N) is 1. The van der Waals surface area contributed by atoms with E-state index in [1.54, 1.807) is 30.5 Å². The fraction of sp³-hybridized carbons (Fsp3) is 0.208. The number of hydrogen-bond donors (Lipinski definition) is 1. The van der Waals surface area contributed by atoms with Gasteiger partial charge < -0.3 is 19.9 Å². The molecule has 2 N–H and O–H groups in total. The van der Waals surface area contributed by atoms with Crippen molar-refractivity contribution in [3.63, 3.8) is 0 Å². The van der Waals surface area contributed by atoms with Crippen LogP contribution < -0.4 is 10.5 Å². The van der Waals surface area contributed by atoms with Gasteiger partial charge in [-0.3, -0.25) is 4.98 Å². The van der Waals surface area contributed by atoms with Crippen molar-refractivity contribution in [1.29, 1.82) is 0 Å². The molecule has 32 heavy (non-hydrogen) atoms. The third-order valence-corrected chi connectivity index (χ3v) is 6.04. The lowest BCUT2D eigenvalue weighted by Gasteiger charge is -2.36. The van der Waals surface area contributed by atoms with Gasteiger partial charge in [0, 0.05) is 22.9 Å². The summed E-state index contributed by atoms with van der Waals surface area (Å²) in [7, 11) is 0. The van der Waals surface area contributed by atoms with Gasteiger partial charge in [-0.2, -0.15) is 4.39 Å². The Labute approximate surface area is 183 Å². The molecule has 6 rings (SSSR count). The third-order valence-electron chi connectivity index (χ3n) is 6.04. The van der Waals surface area contributed by atoms with Crippen LogP contribution in [-0.2, 0) is 15.1 Å². The summed E-state index contributed by atoms with van der Waals surface area (Å²) in [5.74, 6) is 0.633. The van der Waals surface area contributed by atoms with Crippen LogP contribution in [0.2, 0.25) is 0 Å². The predicted octanol–water partition coefficient (Wildman–Crippen LogP) is 3.78. The Morgan fingerprint density at radius 1 is 1.06 bits per heavy atom. The molecule has 0 aliphatic carbocycles. The van der Waals surface area contributed by atoms with E-state index in [9.17, 15) is 4.39 Å². The number of amidine groups is 1. The standard InChI is InChI=1S/C24H19FN4O3/c25-22-16(2-1-7-27-22)15-3-4-20-17(10-15)24(13-29-23(26)32-24)18-11-19(28-12-21(18)31-20)14-5-8-30-9-6-14/h1-5,7,10-12H,6,8-9,13H2,(H2,26,29)/t24-/m0/s1. The SMILES string of the molecule is NC1=NC[C@]2(O1)c1cc(-c3cccnc3F)ccc1Oc1cnc(C3=CCOCC3)cc12. The normalized spacial score (nSPS) is 21.2. The molecule has 3 aromatic rings. The van der Waals surface area contributed by atoms with Crippen molar-refractivity contribution in [2.24, 2.45) is 10.7 Å². The summed E-state index contributed by atoms with van der Waals surface area (Å²) in [6.45, 7) is 1.50. The Balaban J connectivity index is 1.52. The minimum Gasteiger partial charge on any atom is -0.455 e. The molecule has 5 heterocycles. The van der Waals surface area contributed by atoms with Crippen LogP contribution >= 0.6 is 0 Å². The van der Waals surface area contributed by atoms with Gasteiger partial charge in [0.2, 0.25) is 5.95 Å². The Hall–Kier alpha value is -3.78. The highest BCUT2D eigenvalue weighted by molar-refractivity contribution is 5.78. The number of fused-ring (bicyclic) bond motifs is 4. The summed E-state index contributed by atoms with van der Waals surface area (Å²) in [6.07, 6.45) is 5.94. The zero-order valence-electron chi connectivity index (χ0n) is 17.0. The van der Waals surface area contributed by atoms with E-state index in [0.29, 0.717) is 35.8 Å². The van der Waals surface area contributed by atoms with Crippen molar-refractivity contribution in [2.45, 2.75) is 12.0 Å². The van der Waals surface area contributed by atoms with Crippen LogP contribution in [0.15, 0.2) is 59.9 Å². The highest BCUT2D eigenvalue weighted by Crippen LogP contribution is 2.51. The molecule has 0 saturated carbocycles. The van der Waals surface area contributed by atoms with Crippen molar-refractivity contribution < 1.29 is 18.6 Å². The molecule has 3 aliphatic heterocycles. The van der Waals surface area contributed by atoms with Crippen LogP contribution in [0.4, 0.5) is 4.39 Å². The number of benzene rings is 1. The van der Waals surface area contributed by atoms with E-state index in [1.165, 1.54) is 6.20 Å². The summed E-state index contributed by atoms with van der Waals surface area (Å²) < 4.78 is 32.2. The monoisotopic (exact) mass is 430 g/mol. The molecule has 0 saturated heterocycles. The molecule has 1 spiro atoms. The van der Waals surface area contributed by atoms with Gasteiger partial charge in [0.05, 0.1) is 31.6 Å². The summed E-state index contributed by atoms with van der Waals surface area (Å²) in [5, 5.41) is 0. The number of pyridine rings is 2. The minimum atomic E-state index is -0.981. The molecule has 1 aromatic carbocycles. The first-order chi connectivity index (χ1) is 15.6. The quantitative estimate of drug-likeness (QED) is 0.622. The molecule has 0 amide bonds. The zero-order valence-corrected chi connectivity index (χ0v) is 17.0. The topological polar surface area (TPSA) is 91.9 Å². The molecule has 0 fully saturated rings. The first-order valence-electron chi connectivity index (χ1n) is 10.3. The van der Waals surface area contributed by atoms with Gasteiger partial charge in [-0.05, 0) is 47.9 Å². The first-order valence-corrected chi connectivity index (χ1v) is 10.3. The van der Waals surface area contributed by atoms with Crippen LogP contribution in [-0.4, -0.2) is 35.7 Å². The maximum absolute atomic E-state index is 14.4. The lowest BCUT2D eigenvalue weighted by atomic mass is 9.82. The average molecular weight is 430 g/mol. The second-order valence-corrected chi connectivity index (χ2v) is 7.86. The fourth-order valence-electron chi connectivity index (χ4n) is 4.45. The molecular weight excluding hydrogens is 411 g/mol. The zero-order chi connectivity index (χ0) is 21.7. The van der Waals surface area contributed by atoms with E-state index in [4.69, 9.17) is 19.9 Å². The van der Waals surface area contributed by atoms with Crippen LogP contribution in [0.25, 0.3) is 16.7 Å². The first kappa shape index (κ1) is 18.9. The number of hydrogen-bond acceptors (Lipinski definition) is 7. The van der Waals surface area contributed by atoms with Gasteiger partial charge in [0.25, 0.3) is 6.02 Å². The molecule has 3 aliphatic rings. The largest absolute Gasteiger partial charge is 0.455 e. The lowest BCUT2D eigenvalue weighted by molar-refractivity contribution is 0.116. The molecule has 2 aromatic heterocycles. The Bertz CT molecular complexity index is 1310. The average Bonchev–Trinajstić information content (AvgIpc) is 3.22. The van der Waals surface area contributed by atoms with Crippen LogP contribution in [0.3, 0.4) is 0 Å². The van der Waals surface area contributed by atoms with E-state index < -0.39 is 11.5 Å². The molecule has 160 valence electrons. The molecule has 8 heteroatoms. The molecular formula is C24H19FN4O3. The predicted molar refractivity (Wildman–Crippen MR) is 116 cm³/mol. The van der Waals surface area contributed by atoms with Crippen molar-refractivity contribution in [3.05, 3.63) is 77.6 Å². The van der Waals surface area contributed by atoms with Gasteiger partial charge in [-0.25, -0.2) is 9.98 Å². The van der Waals surface area contributed by atoms with Gasteiger partial charge in [0.15, 0.2) is 11.4 Å². The number of nitrogens with zero attached hydrogens (tertiary/aromatic N) is 3. The minimum absolute atomic E-state index is 0.102. The summed E-state index contributed by atoms with van der Waals surface area (Å²) >= 11 is 0. The van der Waals surface area contributed by atoms with Crippen LogP contribution in [0.1, 0.15) is 23.2 Å². The summed E-state index contributed by atoms with van der Waals surface area (Å²) in [4.78, 5) is 12.7. The third kappa shape index (κ3) is 2.87. The smallest absolute Gasteiger partial charge is 0.283 e. The van der Waals surface area contributed by atoms with E-state index in [1.807, 2.05) is 18.2 Å². The maximum Gasteiger partial charge on any atom is 0.283 e. The maximum atomic E-state index is 14.4. The highest BCUT2D eigenvalue weighted by Gasteiger charge is 2.48. The van der Waals surface area contributed by atoms with Gasteiger partial charge >= 0.3 is 0 Å². The summed E-state index contributed by atoms with van der Waals surface area (Å²) in [5.41, 5.74) is 9.52. The molecule has 7 nitrogen and oxygen atoms in total. The van der Waals surface area contributed by atoms with E-state index in [0.717, 1.165) is 28.8 Å². The van der Waals surface area contributed by atoms with Crippen molar-refractivity contribution in [1.82, 2.24) is 9.97 Å². The molecule has 0 bridgehead atoms. The lowest BCUT2D eigenvalue weighted by Crippen LogP contribution is -2.36. The van der Waals surface area contributed by atoms with Crippen molar-refractivity contribution in [2.75, 3.05) is 19.8 Å². The molecule has 0 radical (unpaired) electrons. The number of aromatic nitrogens is 2. The number of halogens is 1. The Morgan fingerprint density at radius 2 is 1.97 bits per heavy atom. The number of aliphatic imine (C=N–C) groups is 1. The second kappa shape index (κ2) is 7.13. The highest BCUT2D eigenvalue weighted by atomic mass is 19.1. The van der Waals surface area contributed by atoms with Crippen molar-refractivity contribution in [3.8, 4) is 22.6 Å². The number of ether oxygens (including phenoxy) is 3. The van der Waals surface area contributed by atoms with Gasteiger partial charge in [-0.1, -0.05) is 12.1 Å². The van der Waals surface area contributed by atoms with E-state index in [2.05, 4.69) is 15.0 Å². The molecule has 0 unspecified atom stereocenters. The number of rotatable bonds is 2. The van der Waals surface area contributed by atoms with E-state index in [-0.39, 0.29) is 12.6 Å². The van der Waals surface area contributed by atoms with Gasteiger partial charge in [0.1, 0.15) is 5.75 Å². The Kier molecular flexibility index (Phi) is 4.22. The van der Waals surface area contributed by atoms with Crippen LogP contribution in [0.5, 0.6) is 11.5 Å².